The van der Waals surface area contributed by atoms with Crippen LogP contribution in [0.2, 0.25) is 0 Å². The lowest BCUT2D eigenvalue weighted by Gasteiger charge is -2.35. The van der Waals surface area contributed by atoms with Crippen molar-refractivity contribution in [3.8, 4) is 0 Å². The zero-order valence-electron chi connectivity index (χ0n) is 16.1. The molecular formula is C22H27N3O3. The maximum Gasteiger partial charge on any atom is 0.268 e. The predicted molar refractivity (Wildman–Crippen MR) is 108 cm³/mol. The molecule has 2 amide bonds. The SMILES string of the molecule is O=C(NC1CCN(C(=O)C2CCCCC2)CC1)c1cc2ccccc2c(=O)[nH]1. The Morgan fingerprint density at radius 3 is 2.46 bits per heavy atom. The number of carbonyl (C=O) groups is 2. The molecule has 0 unspecified atom stereocenters. The number of likely N-dealkylation sites (tertiary alicyclic amines) is 1. The van der Waals surface area contributed by atoms with Crippen LogP contribution in [0.1, 0.15) is 55.4 Å². The monoisotopic (exact) mass is 381 g/mol. The highest BCUT2D eigenvalue weighted by Gasteiger charge is 2.29. The third-order valence-corrected chi connectivity index (χ3v) is 6.09. The fourth-order valence-electron chi connectivity index (χ4n) is 4.45. The van der Waals surface area contributed by atoms with Crippen LogP contribution >= 0.6 is 0 Å². The molecule has 28 heavy (non-hydrogen) atoms. The van der Waals surface area contributed by atoms with Crippen LogP contribution in [0.5, 0.6) is 0 Å². The van der Waals surface area contributed by atoms with E-state index in [0.717, 1.165) is 43.9 Å². The molecule has 2 aliphatic rings. The summed E-state index contributed by atoms with van der Waals surface area (Å²) in [6.45, 7) is 1.38. The Balaban J connectivity index is 1.35. The highest BCUT2D eigenvalue weighted by Crippen LogP contribution is 2.26. The second-order valence-electron chi connectivity index (χ2n) is 8.01. The molecule has 6 heteroatoms. The molecule has 0 spiro atoms. The van der Waals surface area contributed by atoms with Gasteiger partial charge in [0.1, 0.15) is 5.69 Å². The van der Waals surface area contributed by atoms with Crippen molar-refractivity contribution in [3.05, 3.63) is 46.4 Å². The van der Waals surface area contributed by atoms with Gasteiger partial charge in [0.05, 0.1) is 0 Å². The Hall–Kier alpha value is -2.63. The van der Waals surface area contributed by atoms with Crippen molar-refractivity contribution in [1.29, 1.82) is 0 Å². The topological polar surface area (TPSA) is 82.3 Å². The lowest BCUT2D eigenvalue weighted by Crippen LogP contribution is -2.48. The molecule has 2 fully saturated rings. The summed E-state index contributed by atoms with van der Waals surface area (Å²) < 4.78 is 0. The fraction of sp³-hybridized carbons (Fsp3) is 0.500. The number of piperidine rings is 1. The van der Waals surface area contributed by atoms with Crippen molar-refractivity contribution < 1.29 is 9.59 Å². The molecule has 4 rings (SSSR count). The van der Waals surface area contributed by atoms with E-state index >= 15 is 0 Å². The second kappa shape index (κ2) is 8.17. The van der Waals surface area contributed by atoms with Crippen LogP contribution in [-0.4, -0.2) is 40.8 Å². The lowest BCUT2D eigenvalue weighted by molar-refractivity contribution is -0.137. The van der Waals surface area contributed by atoms with Gasteiger partial charge in [-0.05, 0) is 43.2 Å². The summed E-state index contributed by atoms with van der Waals surface area (Å²) in [6.07, 6.45) is 7.11. The summed E-state index contributed by atoms with van der Waals surface area (Å²) in [5.41, 5.74) is 0.0283. The van der Waals surface area contributed by atoms with Crippen molar-refractivity contribution in [2.24, 2.45) is 5.92 Å². The number of nitrogens with zero attached hydrogens (tertiary/aromatic N) is 1. The molecule has 2 N–H and O–H groups in total. The molecule has 0 bridgehead atoms. The summed E-state index contributed by atoms with van der Waals surface area (Å²) in [7, 11) is 0. The zero-order chi connectivity index (χ0) is 19.5. The highest BCUT2D eigenvalue weighted by molar-refractivity contribution is 5.96. The number of nitrogens with one attached hydrogen (secondary N) is 2. The molecule has 148 valence electrons. The van der Waals surface area contributed by atoms with Crippen molar-refractivity contribution in [2.75, 3.05) is 13.1 Å². The van der Waals surface area contributed by atoms with E-state index in [2.05, 4.69) is 10.3 Å². The summed E-state index contributed by atoms with van der Waals surface area (Å²) >= 11 is 0. The Morgan fingerprint density at radius 2 is 1.71 bits per heavy atom. The number of fused-ring (bicyclic) bond motifs is 1. The summed E-state index contributed by atoms with van der Waals surface area (Å²) in [5, 5.41) is 4.35. The number of H-pyrrole nitrogens is 1. The number of aromatic amines is 1. The Labute approximate surface area is 164 Å². The molecule has 6 nitrogen and oxygen atoms in total. The third kappa shape index (κ3) is 3.96. The van der Waals surface area contributed by atoms with Crippen molar-refractivity contribution >= 4 is 22.6 Å². The fourth-order valence-corrected chi connectivity index (χ4v) is 4.45. The van der Waals surface area contributed by atoms with E-state index in [1.165, 1.54) is 6.42 Å². The van der Waals surface area contributed by atoms with Crippen molar-refractivity contribution in [3.63, 3.8) is 0 Å². The Bertz CT molecular complexity index is 922. The quantitative estimate of drug-likeness (QED) is 0.858. The van der Waals surface area contributed by atoms with Gasteiger partial charge in [0.2, 0.25) is 5.91 Å². The van der Waals surface area contributed by atoms with Crippen LogP contribution in [0.3, 0.4) is 0 Å². The van der Waals surface area contributed by atoms with Crippen LogP contribution in [0.15, 0.2) is 35.1 Å². The van der Waals surface area contributed by atoms with Gasteiger partial charge in [-0.15, -0.1) is 0 Å². The largest absolute Gasteiger partial charge is 0.348 e. The van der Waals surface area contributed by atoms with Gasteiger partial charge in [-0.1, -0.05) is 37.5 Å². The predicted octanol–water partition coefficient (Wildman–Crippen LogP) is 2.83. The molecule has 1 aromatic heterocycles. The Morgan fingerprint density at radius 1 is 1.00 bits per heavy atom. The van der Waals surface area contributed by atoms with E-state index in [4.69, 9.17) is 0 Å². The van der Waals surface area contributed by atoms with Gasteiger partial charge in [-0.3, -0.25) is 14.4 Å². The van der Waals surface area contributed by atoms with Gasteiger partial charge in [0, 0.05) is 30.4 Å². The molecule has 1 saturated carbocycles. The van der Waals surface area contributed by atoms with Crippen molar-refractivity contribution in [2.45, 2.75) is 51.0 Å². The summed E-state index contributed by atoms with van der Waals surface area (Å²) in [4.78, 5) is 42.1. The van der Waals surface area contributed by atoms with E-state index in [1.54, 1.807) is 18.2 Å². The average Bonchev–Trinajstić information content (AvgIpc) is 2.74. The van der Waals surface area contributed by atoms with E-state index in [0.29, 0.717) is 24.4 Å². The smallest absolute Gasteiger partial charge is 0.268 e. The number of amides is 2. The second-order valence-corrected chi connectivity index (χ2v) is 8.01. The number of rotatable bonds is 3. The average molecular weight is 381 g/mol. The molecule has 1 aliphatic heterocycles. The molecular weight excluding hydrogens is 354 g/mol. The van der Waals surface area contributed by atoms with E-state index < -0.39 is 0 Å². The van der Waals surface area contributed by atoms with E-state index in [9.17, 15) is 14.4 Å². The first-order valence-corrected chi connectivity index (χ1v) is 10.3. The number of pyridine rings is 1. The first-order valence-electron chi connectivity index (χ1n) is 10.3. The number of aromatic nitrogens is 1. The van der Waals surface area contributed by atoms with Gasteiger partial charge in [0.15, 0.2) is 0 Å². The minimum atomic E-state index is -0.264. The lowest BCUT2D eigenvalue weighted by atomic mass is 9.87. The van der Waals surface area contributed by atoms with Crippen molar-refractivity contribution in [1.82, 2.24) is 15.2 Å². The minimum absolute atomic E-state index is 0.0258. The van der Waals surface area contributed by atoms with Crippen LogP contribution in [-0.2, 0) is 4.79 Å². The van der Waals surface area contributed by atoms with Crippen LogP contribution in [0.25, 0.3) is 10.8 Å². The first-order chi connectivity index (χ1) is 13.6. The maximum atomic E-state index is 12.7. The molecule has 1 aromatic carbocycles. The number of hydrogen-bond donors (Lipinski definition) is 2. The van der Waals surface area contributed by atoms with Gasteiger partial charge < -0.3 is 15.2 Å². The summed E-state index contributed by atoms with van der Waals surface area (Å²) in [5.74, 6) is 0.228. The van der Waals surface area contributed by atoms with Gasteiger partial charge >= 0.3 is 0 Å². The van der Waals surface area contributed by atoms with E-state index in [1.807, 2.05) is 17.0 Å². The third-order valence-electron chi connectivity index (χ3n) is 6.09. The molecule has 0 radical (unpaired) electrons. The van der Waals surface area contributed by atoms with Crippen LogP contribution < -0.4 is 10.9 Å². The molecule has 0 atom stereocenters. The number of hydrogen-bond acceptors (Lipinski definition) is 3. The molecule has 2 heterocycles. The van der Waals surface area contributed by atoms with Crippen LogP contribution in [0, 0.1) is 5.92 Å². The maximum absolute atomic E-state index is 12.7. The molecule has 1 saturated heterocycles. The number of benzene rings is 1. The van der Waals surface area contributed by atoms with Gasteiger partial charge in [-0.2, -0.15) is 0 Å². The Kier molecular flexibility index (Phi) is 5.46. The van der Waals surface area contributed by atoms with E-state index in [-0.39, 0.29) is 29.1 Å². The van der Waals surface area contributed by atoms with Gasteiger partial charge in [0.25, 0.3) is 11.5 Å². The molecule has 2 aromatic rings. The standard InChI is InChI=1S/C22H27N3O3/c26-20-18-9-5-4-8-16(18)14-19(24-20)21(27)23-17-10-12-25(13-11-17)22(28)15-6-2-1-3-7-15/h4-5,8-9,14-15,17H,1-3,6-7,10-13H2,(H,23,27)(H,24,26). The minimum Gasteiger partial charge on any atom is -0.348 e. The van der Waals surface area contributed by atoms with Crippen LogP contribution in [0.4, 0.5) is 0 Å². The number of carbonyl (C=O) groups excluding carboxylic acids is 2. The van der Waals surface area contributed by atoms with Gasteiger partial charge in [-0.25, -0.2) is 0 Å². The first kappa shape index (κ1) is 18.7. The zero-order valence-corrected chi connectivity index (χ0v) is 16.1. The normalized spacial score (nSPS) is 18.9. The highest BCUT2D eigenvalue weighted by atomic mass is 16.2. The summed E-state index contributed by atoms with van der Waals surface area (Å²) in [6, 6.07) is 8.97. The molecule has 1 aliphatic carbocycles.